The lowest BCUT2D eigenvalue weighted by atomic mass is 10.1. The van der Waals surface area contributed by atoms with Crippen LogP contribution >= 0.6 is 15.9 Å². The number of benzene rings is 1. The maximum absolute atomic E-state index is 3.53. The topological polar surface area (TPSA) is 15.8 Å². The van der Waals surface area contributed by atoms with Crippen molar-refractivity contribution in [3.8, 4) is 0 Å². The summed E-state index contributed by atoms with van der Waals surface area (Å²) in [4.78, 5) is 3.32. The Bertz CT molecular complexity index is 443. The van der Waals surface area contributed by atoms with E-state index in [2.05, 4.69) is 53.1 Å². The van der Waals surface area contributed by atoms with Crippen molar-refractivity contribution in [3.63, 3.8) is 0 Å². The molecule has 0 fully saturated rings. The molecule has 0 aliphatic heterocycles. The molecule has 13 heavy (non-hydrogen) atoms. The molecule has 2 aromatic rings. The van der Waals surface area contributed by atoms with Crippen molar-refractivity contribution in [2.45, 2.75) is 20.3 Å². The van der Waals surface area contributed by atoms with Gasteiger partial charge in [0.15, 0.2) is 0 Å². The standard InChI is InChI=1S/C11H12BrN/c1-3-8-6-13-11-7(2)10(12)5-4-9(8)11/h4-6,13H,3H2,1-2H3. The van der Waals surface area contributed by atoms with Crippen molar-refractivity contribution < 1.29 is 0 Å². The first-order chi connectivity index (χ1) is 6.24. The third-order valence-electron chi connectivity index (χ3n) is 2.52. The summed E-state index contributed by atoms with van der Waals surface area (Å²) in [5.41, 5.74) is 3.94. The van der Waals surface area contributed by atoms with Crippen LogP contribution in [0.15, 0.2) is 22.8 Å². The van der Waals surface area contributed by atoms with Crippen molar-refractivity contribution in [3.05, 3.63) is 33.9 Å². The Balaban J connectivity index is 2.81. The number of fused-ring (bicyclic) bond motifs is 1. The Labute approximate surface area is 86.3 Å². The second-order valence-corrected chi connectivity index (χ2v) is 4.12. The Morgan fingerprint density at radius 2 is 2.15 bits per heavy atom. The van der Waals surface area contributed by atoms with Crippen LogP contribution < -0.4 is 0 Å². The van der Waals surface area contributed by atoms with Gasteiger partial charge in [-0.05, 0) is 30.5 Å². The Morgan fingerprint density at radius 3 is 2.85 bits per heavy atom. The van der Waals surface area contributed by atoms with Crippen LogP contribution in [0.1, 0.15) is 18.1 Å². The summed E-state index contributed by atoms with van der Waals surface area (Å²) < 4.78 is 1.17. The average molecular weight is 238 g/mol. The van der Waals surface area contributed by atoms with Crippen LogP contribution in [0.2, 0.25) is 0 Å². The zero-order valence-corrected chi connectivity index (χ0v) is 9.40. The minimum Gasteiger partial charge on any atom is -0.361 e. The van der Waals surface area contributed by atoms with E-state index in [4.69, 9.17) is 0 Å². The number of halogens is 1. The number of hydrogen-bond acceptors (Lipinski definition) is 0. The van der Waals surface area contributed by atoms with Gasteiger partial charge in [-0.25, -0.2) is 0 Å². The number of rotatable bonds is 1. The highest BCUT2D eigenvalue weighted by Crippen LogP contribution is 2.27. The molecule has 0 saturated carbocycles. The van der Waals surface area contributed by atoms with E-state index in [-0.39, 0.29) is 0 Å². The second-order valence-electron chi connectivity index (χ2n) is 3.26. The molecule has 0 radical (unpaired) electrons. The van der Waals surface area contributed by atoms with E-state index in [1.807, 2.05) is 0 Å². The summed E-state index contributed by atoms with van der Waals surface area (Å²) >= 11 is 3.53. The number of hydrogen-bond donors (Lipinski definition) is 1. The SMILES string of the molecule is CCc1c[nH]c2c(C)c(Br)ccc12. The van der Waals surface area contributed by atoms with E-state index in [1.165, 1.54) is 26.5 Å². The lowest BCUT2D eigenvalue weighted by molar-refractivity contribution is 1.15. The third-order valence-corrected chi connectivity index (χ3v) is 3.38. The van der Waals surface area contributed by atoms with Crippen molar-refractivity contribution in [1.29, 1.82) is 0 Å². The van der Waals surface area contributed by atoms with Crippen molar-refractivity contribution in [2.24, 2.45) is 0 Å². The lowest BCUT2D eigenvalue weighted by Gasteiger charge is -2.00. The van der Waals surface area contributed by atoms with E-state index in [9.17, 15) is 0 Å². The zero-order valence-electron chi connectivity index (χ0n) is 7.82. The zero-order chi connectivity index (χ0) is 9.42. The van der Waals surface area contributed by atoms with Gasteiger partial charge in [-0.2, -0.15) is 0 Å². The summed E-state index contributed by atoms with van der Waals surface area (Å²) in [5, 5.41) is 1.35. The summed E-state index contributed by atoms with van der Waals surface area (Å²) in [7, 11) is 0. The fraction of sp³-hybridized carbons (Fsp3) is 0.273. The molecular weight excluding hydrogens is 226 g/mol. The van der Waals surface area contributed by atoms with E-state index >= 15 is 0 Å². The number of nitrogens with one attached hydrogen (secondary N) is 1. The summed E-state index contributed by atoms with van der Waals surface area (Å²) in [6.45, 7) is 4.31. The van der Waals surface area contributed by atoms with Crippen LogP contribution in [0.3, 0.4) is 0 Å². The highest BCUT2D eigenvalue weighted by atomic mass is 79.9. The molecule has 0 unspecified atom stereocenters. The molecule has 0 bridgehead atoms. The van der Waals surface area contributed by atoms with Gasteiger partial charge >= 0.3 is 0 Å². The van der Waals surface area contributed by atoms with Crippen molar-refractivity contribution in [2.75, 3.05) is 0 Å². The van der Waals surface area contributed by atoms with E-state index in [0.29, 0.717) is 0 Å². The second kappa shape index (κ2) is 3.18. The number of aryl methyl sites for hydroxylation is 2. The number of aromatic nitrogens is 1. The predicted octanol–water partition coefficient (Wildman–Crippen LogP) is 3.80. The van der Waals surface area contributed by atoms with E-state index < -0.39 is 0 Å². The molecule has 2 heteroatoms. The van der Waals surface area contributed by atoms with Crippen molar-refractivity contribution >= 4 is 26.8 Å². The molecule has 68 valence electrons. The third kappa shape index (κ3) is 1.29. The average Bonchev–Trinajstić information content (AvgIpc) is 2.55. The van der Waals surface area contributed by atoms with Gasteiger partial charge in [0.2, 0.25) is 0 Å². The number of aromatic amines is 1. The normalized spacial score (nSPS) is 11.0. The lowest BCUT2D eigenvalue weighted by Crippen LogP contribution is -1.79. The van der Waals surface area contributed by atoms with Gasteiger partial charge in [0.1, 0.15) is 0 Å². The smallest absolute Gasteiger partial charge is 0.0497 e. The molecule has 1 aromatic carbocycles. The quantitative estimate of drug-likeness (QED) is 0.777. The van der Waals surface area contributed by atoms with Crippen LogP contribution in [-0.2, 0) is 6.42 Å². The van der Waals surface area contributed by atoms with Crippen LogP contribution in [0.25, 0.3) is 10.9 Å². The molecule has 0 spiro atoms. The Kier molecular flexibility index (Phi) is 2.16. The minimum absolute atomic E-state index is 1.08. The molecule has 0 saturated heterocycles. The Morgan fingerprint density at radius 1 is 1.38 bits per heavy atom. The van der Waals surface area contributed by atoms with Crippen LogP contribution in [0, 0.1) is 6.92 Å². The predicted molar refractivity (Wildman–Crippen MR) is 60.1 cm³/mol. The fourth-order valence-corrected chi connectivity index (χ4v) is 2.00. The molecule has 1 N–H and O–H groups in total. The first kappa shape index (κ1) is 8.82. The van der Waals surface area contributed by atoms with Gasteiger partial charge in [-0.1, -0.05) is 28.9 Å². The molecule has 2 rings (SSSR count). The van der Waals surface area contributed by atoms with E-state index in [1.54, 1.807) is 0 Å². The molecule has 1 heterocycles. The highest BCUT2D eigenvalue weighted by molar-refractivity contribution is 9.10. The van der Waals surface area contributed by atoms with Crippen LogP contribution in [-0.4, -0.2) is 4.98 Å². The summed E-state index contributed by atoms with van der Waals surface area (Å²) in [5.74, 6) is 0. The van der Waals surface area contributed by atoms with Gasteiger partial charge < -0.3 is 4.98 Å². The van der Waals surface area contributed by atoms with Crippen molar-refractivity contribution in [1.82, 2.24) is 4.98 Å². The van der Waals surface area contributed by atoms with Gasteiger partial charge in [0.25, 0.3) is 0 Å². The molecule has 0 aliphatic rings. The maximum atomic E-state index is 3.53. The minimum atomic E-state index is 1.08. The Hall–Kier alpha value is -0.760. The first-order valence-electron chi connectivity index (χ1n) is 4.49. The fourth-order valence-electron chi connectivity index (χ4n) is 1.67. The first-order valence-corrected chi connectivity index (χ1v) is 5.28. The summed E-state index contributed by atoms with van der Waals surface area (Å²) in [6.07, 6.45) is 3.19. The van der Waals surface area contributed by atoms with Gasteiger partial charge in [0, 0.05) is 21.6 Å². The maximum Gasteiger partial charge on any atom is 0.0497 e. The highest BCUT2D eigenvalue weighted by Gasteiger charge is 2.05. The monoisotopic (exact) mass is 237 g/mol. The van der Waals surface area contributed by atoms with Gasteiger partial charge in [-0.15, -0.1) is 0 Å². The number of H-pyrrole nitrogens is 1. The largest absolute Gasteiger partial charge is 0.361 e. The molecule has 0 atom stereocenters. The van der Waals surface area contributed by atoms with Gasteiger partial charge in [0.05, 0.1) is 0 Å². The van der Waals surface area contributed by atoms with Crippen LogP contribution in [0.5, 0.6) is 0 Å². The van der Waals surface area contributed by atoms with Gasteiger partial charge in [-0.3, -0.25) is 0 Å². The molecule has 1 nitrogen and oxygen atoms in total. The summed E-state index contributed by atoms with van der Waals surface area (Å²) in [6, 6.07) is 4.28. The molecular formula is C11H12BrN. The molecule has 0 aliphatic carbocycles. The van der Waals surface area contributed by atoms with Crippen LogP contribution in [0.4, 0.5) is 0 Å². The molecule has 0 amide bonds. The molecule has 1 aromatic heterocycles. The van der Waals surface area contributed by atoms with E-state index in [0.717, 1.165) is 6.42 Å².